The van der Waals surface area contributed by atoms with Gasteiger partial charge in [-0.3, -0.25) is 0 Å². The van der Waals surface area contributed by atoms with Gasteiger partial charge in [0.25, 0.3) is 0 Å². The number of fused-ring (bicyclic) bond motifs is 1. The van der Waals surface area contributed by atoms with E-state index in [4.69, 9.17) is 9.47 Å². The van der Waals surface area contributed by atoms with Gasteiger partial charge in [-0.1, -0.05) is 18.2 Å². The van der Waals surface area contributed by atoms with Crippen molar-refractivity contribution in [3.63, 3.8) is 0 Å². The smallest absolute Gasteiger partial charge is 0.243 e. The molecule has 1 heterocycles. The maximum absolute atomic E-state index is 12.8. The number of aliphatic hydroxyl groups is 1. The summed E-state index contributed by atoms with van der Waals surface area (Å²) < 4.78 is 37.3. The van der Waals surface area contributed by atoms with E-state index in [-0.39, 0.29) is 4.90 Å². The van der Waals surface area contributed by atoms with Crippen molar-refractivity contribution in [3.8, 4) is 11.5 Å². The van der Waals surface area contributed by atoms with E-state index in [1.165, 1.54) is 17.4 Å². The summed E-state index contributed by atoms with van der Waals surface area (Å²) in [6.07, 6.45) is -0.583. The Labute approximate surface area is 147 Å². The number of ether oxygens (including phenoxy) is 2. The molecule has 0 fully saturated rings. The van der Waals surface area contributed by atoms with Gasteiger partial charge in [-0.25, -0.2) is 8.42 Å². The molecule has 0 amide bonds. The van der Waals surface area contributed by atoms with Crippen LogP contribution in [0.3, 0.4) is 0 Å². The minimum absolute atomic E-state index is 0.157. The number of benzene rings is 2. The van der Waals surface area contributed by atoms with Crippen LogP contribution in [0.5, 0.6) is 11.5 Å². The molecular formula is C18H21NO5S. The minimum Gasteiger partial charge on any atom is -0.497 e. The van der Waals surface area contributed by atoms with E-state index in [0.29, 0.717) is 23.5 Å². The third kappa shape index (κ3) is 3.10. The lowest BCUT2D eigenvalue weighted by Gasteiger charge is -2.37. The van der Waals surface area contributed by atoms with E-state index in [2.05, 4.69) is 0 Å². The first kappa shape index (κ1) is 17.7. The van der Waals surface area contributed by atoms with Crippen molar-refractivity contribution >= 4 is 10.0 Å². The van der Waals surface area contributed by atoms with Crippen LogP contribution in [0, 0.1) is 0 Å². The number of likely N-dealkylation sites (N-methyl/N-ethyl adjacent to an activating group) is 1. The maximum Gasteiger partial charge on any atom is 0.243 e. The van der Waals surface area contributed by atoms with Crippen LogP contribution in [0.25, 0.3) is 0 Å². The third-order valence-corrected chi connectivity index (χ3v) is 6.54. The topological polar surface area (TPSA) is 76.1 Å². The molecule has 0 bridgehead atoms. The SMILES string of the molecule is COc1cc(CC2C(O)c3ccccc3S(=O)(=O)N2C)cc(OC)c1. The van der Waals surface area contributed by atoms with Gasteiger partial charge in [0.1, 0.15) is 11.5 Å². The molecule has 134 valence electrons. The van der Waals surface area contributed by atoms with Gasteiger partial charge in [0.2, 0.25) is 10.0 Å². The second-order valence-corrected chi connectivity index (χ2v) is 7.96. The molecule has 0 spiro atoms. The van der Waals surface area contributed by atoms with Crippen LogP contribution in [-0.2, 0) is 16.4 Å². The fraction of sp³-hybridized carbons (Fsp3) is 0.333. The number of rotatable bonds is 4. The molecule has 0 aromatic heterocycles. The molecule has 1 aliphatic rings. The van der Waals surface area contributed by atoms with Crippen molar-refractivity contribution in [2.75, 3.05) is 21.3 Å². The highest BCUT2D eigenvalue weighted by Crippen LogP contribution is 2.37. The highest BCUT2D eigenvalue weighted by atomic mass is 32.2. The van der Waals surface area contributed by atoms with Crippen molar-refractivity contribution in [1.82, 2.24) is 4.31 Å². The summed E-state index contributed by atoms with van der Waals surface area (Å²) in [4.78, 5) is 0.157. The molecule has 0 saturated carbocycles. The molecular weight excluding hydrogens is 342 g/mol. The maximum atomic E-state index is 12.8. The van der Waals surface area contributed by atoms with Gasteiger partial charge in [-0.2, -0.15) is 4.31 Å². The van der Waals surface area contributed by atoms with Crippen molar-refractivity contribution in [1.29, 1.82) is 0 Å². The normalized spacial score (nSPS) is 22.2. The van der Waals surface area contributed by atoms with Gasteiger partial charge in [-0.05, 0) is 30.2 Å². The Balaban J connectivity index is 2.01. The molecule has 2 aromatic carbocycles. The van der Waals surface area contributed by atoms with Crippen molar-refractivity contribution in [2.45, 2.75) is 23.5 Å². The van der Waals surface area contributed by atoms with E-state index in [0.717, 1.165) is 5.56 Å². The number of nitrogens with zero attached hydrogens (tertiary/aromatic N) is 1. The number of sulfonamides is 1. The Bertz CT molecular complexity index is 859. The number of hydrogen-bond donors (Lipinski definition) is 1. The van der Waals surface area contributed by atoms with Crippen LogP contribution >= 0.6 is 0 Å². The molecule has 0 radical (unpaired) electrons. The molecule has 6 nitrogen and oxygen atoms in total. The first-order valence-electron chi connectivity index (χ1n) is 7.85. The Morgan fingerprint density at radius 2 is 1.68 bits per heavy atom. The average molecular weight is 363 g/mol. The minimum atomic E-state index is -3.64. The van der Waals surface area contributed by atoms with Crippen LogP contribution in [0.2, 0.25) is 0 Å². The van der Waals surface area contributed by atoms with Crippen molar-refractivity contribution in [2.24, 2.45) is 0 Å². The lowest BCUT2D eigenvalue weighted by Crippen LogP contribution is -2.46. The fourth-order valence-corrected chi connectivity index (χ4v) is 4.76. The van der Waals surface area contributed by atoms with E-state index in [1.54, 1.807) is 38.5 Å². The molecule has 0 saturated heterocycles. The zero-order valence-electron chi connectivity index (χ0n) is 14.3. The second kappa shape index (κ2) is 6.67. The predicted octanol–water partition coefficient (Wildman–Crippen LogP) is 1.98. The van der Waals surface area contributed by atoms with Gasteiger partial charge in [-0.15, -0.1) is 0 Å². The van der Waals surface area contributed by atoms with E-state index in [9.17, 15) is 13.5 Å². The van der Waals surface area contributed by atoms with E-state index >= 15 is 0 Å². The summed E-state index contributed by atoms with van der Waals surface area (Å²) in [7, 11) is 0.966. The lowest BCUT2D eigenvalue weighted by atomic mass is 9.95. The highest BCUT2D eigenvalue weighted by molar-refractivity contribution is 7.89. The zero-order valence-corrected chi connectivity index (χ0v) is 15.2. The zero-order chi connectivity index (χ0) is 18.2. The first-order valence-corrected chi connectivity index (χ1v) is 9.29. The van der Waals surface area contributed by atoms with Crippen molar-refractivity contribution < 1.29 is 23.0 Å². The van der Waals surface area contributed by atoms with Gasteiger partial charge >= 0.3 is 0 Å². The Hall–Kier alpha value is -2.09. The molecule has 1 N–H and O–H groups in total. The number of methoxy groups -OCH3 is 2. The monoisotopic (exact) mass is 363 g/mol. The summed E-state index contributed by atoms with van der Waals surface area (Å²) in [6.45, 7) is 0. The van der Waals surface area contributed by atoms with Crippen LogP contribution in [0.15, 0.2) is 47.4 Å². The molecule has 7 heteroatoms. The van der Waals surface area contributed by atoms with E-state index in [1.807, 2.05) is 12.1 Å². The standard InChI is InChI=1S/C18H21NO5S/c1-19-16(10-12-8-13(23-2)11-14(9-12)24-3)18(20)15-6-4-5-7-17(15)25(19,21)22/h4-9,11,16,18,20H,10H2,1-3H3. The summed E-state index contributed by atoms with van der Waals surface area (Å²) in [6, 6.07) is 11.3. The lowest BCUT2D eigenvalue weighted by molar-refractivity contribution is 0.0891. The molecule has 0 aliphatic carbocycles. The summed E-state index contributed by atoms with van der Waals surface area (Å²) >= 11 is 0. The van der Waals surface area contributed by atoms with Crippen LogP contribution in [0.1, 0.15) is 17.2 Å². The molecule has 2 aromatic rings. The molecule has 2 unspecified atom stereocenters. The van der Waals surface area contributed by atoms with Crippen molar-refractivity contribution in [3.05, 3.63) is 53.6 Å². The quantitative estimate of drug-likeness (QED) is 0.899. The molecule has 25 heavy (non-hydrogen) atoms. The largest absolute Gasteiger partial charge is 0.497 e. The predicted molar refractivity (Wildman–Crippen MR) is 93.4 cm³/mol. The molecule has 1 aliphatic heterocycles. The summed E-state index contributed by atoms with van der Waals surface area (Å²) in [5.41, 5.74) is 1.25. The van der Waals surface area contributed by atoms with Gasteiger partial charge in [0.15, 0.2) is 0 Å². The summed E-state index contributed by atoms with van der Waals surface area (Å²) in [5.74, 6) is 1.23. The van der Waals surface area contributed by atoms with Gasteiger partial charge in [0, 0.05) is 18.7 Å². The highest BCUT2D eigenvalue weighted by Gasteiger charge is 2.41. The van der Waals surface area contributed by atoms with Crippen LogP contribution in [0.4, 0.5) is 0 Å². The first-order chi connectivity index (χ1) is 11.9. The number of hydrogen-bond acceptors (Lipinski definition) is 5. The average Bonchev–Trinajstić information content (AvgIpc) is 2.63. The fourth-order valence-electron chi connectivity index (χ4n) is 3.17. The Morgan fingerprint density at radius 1 is 1.08 bits per heavy atom. The Kier molecular flexibility index (Phi) is 4.73. The molecule has 3 rings (SSSR count). The summed E-state index contributed by atoms with van der Waals surface area (Å²) in [5, 5.41) is 10.8. The van der Waals surface area contributed by atoms with Gasteiger partial charge < -0.3 is 14.6 Å². The number of aliphatic hydroxyl groups excluding tert-OH is 1. The molecule has 2 atom stereocenters. The van der Waals surface area contributed by atoms with Gasteiger partial charge in [0.05, 0.1) is 31.3 Å². The third-order valence-electron chi connectivity index (χ3n) is 4.58. The van der Waals surface area contributed by atoms with Crippen LogP contribution in [-0.4, -0.2) is 45.1 Å². The Morgan fingerprint density at radius 3 is 2.28 bits per heavy atom. The van der Waals surface area contributed by atoms with E-state index < -0.39 is 22.2 Å². The van der Waals surface area contributed by atoms with Crippen LogP contribution < -0.4 is 9.47 Å². The second-order valence-electron chi connectivity index (χ2n) is 6.00.